The van der Waals surface area contributed by atoms with Crippen LogP contribution in [0.3, 0.4) is 0 Å². The summed E-state index contributed by atoms with van der Waals surface area (Å²) in [5.41, 5.74) is 0.230. The first-order valence-corrected chi connectivity index (χ1v) is 16.3. The van der Waals surface area contributed by atoms with Crippen molar-refractivity contribution in [2.45, 2.75) is 70.1 Å². The molecule has 4 aromatic rings. The quantitative estimate of drug-likeness (QED) is 0.131. The third-order valence-electron chi connectivity index (χ3n) is 7.78. The number of hydrogen-bond donors (Lipinski definition) is 6. The number of halogens is 2. The molecule has 16 nitrogen and oxygen atoms in total. The fraction of sp³-hybridized carbons (Fsp3) is 0.343. The van der Waals surface area contributed by atoms with E-state index < -0.39 is 66.1 Å². The number of rotatable bonds is 11. The highest BCUT2D eigenvalue weighted by Gasteiger charge is 2.59. The van der Waals surface area contributed by atoms with Gasteiger partial charge in [-0.15, -0.1) is 0 Å². The zero-order valence-electron chi connectivity index (χ0n) is 28.8. The van der Waals surface area contributed by atoms with Gasteiger partial charge in [-0.2, -0.15) is 13.8 Å². The number of fused-ring (bicyclic) bond motifs is 1. The van der Waals surface area contributed by atoms with Crippen molar-refractivity contribution in [1.29, 1.82) is 0 Å². The molecule has 4 amide bonds. The first-order chi connectivity index (χ1) is 25.0. The number of ether oxygens (including phenoxy) is 2. The van der Waals surface area contributed by atoms with E-state index in [1.165, 1.54) is 0 Å². The molecule has 6 N–H and O–H groups in total. The number of nitrogens with zero attached hydrogens (tertiary/aromatic N) is 3. The van der Waals surface area contributed by atoms with Crippen molar-refractivity contribution in [3.63, 3.8) is 0 Å². The Balaban J connectivity index is 1.10. The molecule has 0 bridgehead atoms. The number of alkyl halides is 2. The van der Waals surface area contributed by atoms with Crippen molar-refractivity contribution in [1.82, 2.24) is 19.9 Å². The van der Waals surface area contributed by atoms with E-state index in [0.29, 0.717) is 38.1 Å². The summed E-state index contributed by atoms with van der Waals surface area (Å²) < 4.78 is 39.5. The van der Waals surface area contributed by atoms with E-state index in [4.69, 9.17) is 14.6 Å². The lowest BCUT2D eigenvalue weighted by atomic mass is 10.1. The molecule has 3 atom stereocenters. The summed E-state index contributed by atoms with van der Waals surface area (Å²) in [6, 6.07) is 16.0. The number of aromatic nitrogens is 3. The van der Waals surface area contributed by atoms with Gasteiger partial charge in [0, 0.05) is 30.0 Å². The molecule has 1 fully saturated rings. The van der Waals surface area contributed by atoms with Crippen molar-refractivity contribution in [3.8, 4) is 0 Å². The van der Waals surface area contributed by atoms with Gasteiger partial charge in [-0.05, 0) is 63.2 Å². The predicted octanol–water partition coefficient (Wildman–Crippen LogP) is 3.31. The largest absolute Gasteiger partial charge is 0.444 e. The summed E-state index contributed by atoms with van der Waals surface area (Å²) in [6.07, 6.45) is -6.43. The molecule has 0 spiro atoms. The van der Waals surface area contributed by atoms with Gasteiger partial charge in [-0.3, -0.25) is 29.3 Å². The van der Waals surface area contributed by atoms with Crippen LogP contribution in [-0.4, -0.2) is 78.9 Å². The molecule has 0 radical (unpaired) electrons. The van der Waals surface area contributed by atoms with E-state index >= 15 is 0 Å². The monoisotopic (exact) mass is 737 g/mol. The molecule has 53 heavy (non-hydrogen) atoms. The number of anilines is 3. The number of para-hydroxylation sites is 2. The maximum Gasteiger partial charge on any atom is 0.412 e. The molecule has 1 aliphatic heterocycles. The van der Waals surface area contributed by atoms with Crippen molar-refractivity contribution < 1.29 is 47.6 Å². The average Bonchev–Trinajstić information content (AvgIpc) is 3.33. The van der Waals surface area contributed by atoms with Crippen LogP contribution in [0.25, 0.3) is 10.9 Å². The highest BCUT2D eigenvalue weighted by Crippen LogP contribution is 2.42. The topological polar surface area (TPSA) is 223 Å². The van der Waals surface area contributed by atoms with Gasteiger partial charge >= 0.3 is 17.7 Å². The maximum absolute atomic E-state index is 14.4. The smallest absolute Gasteiger partial charge is 0.412 e. The van der Waals surface area contributed by atoms with Crippen LogP contribution in [0.15, 0.2) is 71.7 Å². The number of hydrogen-bond acceptors (Lipinski definition) is 11. The van der Waals surface area contributed by atoms with Crippen LogP contribution in [-0.2, 0) is 25.6 Å². The zero-order chi connectivity index (χ0) is 38.5. The van der Waals surface area contributed by atoms with Gasteiger partial charge in [0.15, 0.2) is 6.10 Å². The number of carbonyl (C=O) groups excluding carboxylic acids is 4. The van der Waals surface area contributed by atoms with E-state index in [9.17, 15) is 37.9 Å². The molecule has 0 saturated carbocycles. The normalized spacial score (nSPS) is 17.9. The molecule has 0 aliphatic carbocycles. The van der Waals surface area contributed by atoms with E-state index in [-0.39, 0.29) is 25.2 Å². The Morgan fingerprint density at radius 3 is 2.30 bits per heavy atom. The second-order valence-corrected chi connectivity index (χ2v) is 13.0. The summed E-state index contributed by atoms with van der Waals surface area (Å²) in [6.45, 7) is 4.36. The lowest BCUT2D eigenvalue weighted by molar-refractivity contribution is -0.141. The zero-order valence-corrected chi connectivity index (χ0v) is 28.8. The highest BCUT2D eigenvalue weighted by molar-refractivity contribution is 6.08. The van der Waals surface area contributed by atoms with Gasteiger partial charge in [0.25, 0.3) is 5.91 Å². The van der Waals surface area contributed by atoms with Gasteiger partial charge in [-0.1, -0.05) is 18.2 Å². The summed E-state index contributed by atoms with van der Waals surface area (Å²) in [4.78, 5) is 70.7. The van der Waals surface area contributed by atoms with E-state index in [1.54, 1.807) is 75.4 Å². The summed E-state index contributed by atoms with van der Waals surface area (Å²) in [5.74, 6) is -5.71. The van der Waals surface area contributed by atoms with Gasteiger partial charge in [-0.25, -0.2) is 9.59 Å². The van der Waals surface area contributed by atoms with E-state index in [0.717, 1.165) is 12.3 Å². The lowest BCUT2D eigenvalue weighted by Gasteiger charge is -2.21. The molecule has 3 heterocycles. The number of carbonyl (C=O) groups is 4. The minimum Gasteiger partial charge on any atom is -0.444 e. The Bertz CT molecular complexity index is 2090. The van der Waals surface area contributed by atoms with Crippen LogP contribution in [0, 0.1) is 0 Å². The minimum atomic E-state index is -3.89. The molecule has 1 saturated heterocycles. The Morgan fingerprint density at radius 1 is 0.943 bits per heavy atom. The molecule has 2 aromatic carbocycles. The van der Waals surface area contributed by atoms with Crippen LogP contribution in [0.1, 0.15) is 55.9 Å². The van der Waals surface area contributed by atoms with Gasteiger partial charge < -0.3 is 35.6 Å². The fourth-order valence-corrected chi connectivity index (χ4v) is 5.21. The molecule has 1 aliphatic rings. The molecule has 18 heteroatoms. The molecular formula is C35H37F2N7O9. The standard InChI is InChI=1S/C35H37F2N7O9/c1-34(2,3)53-33(51)41-24-7-5-4-6-23(24)40-30(49)20-9-11-22-19(16-20)8-10-21(39-22)17-38-27(46)12-13-28(47)42-26-14-15-44(32(50)43-26)31-35(36,37)29(48)25(18-45)52-31/h4-11,14-16,25,29,31,45,48H,12-13,17-18H2,1-3H3,(H,38,46)(H,40,49)(H,41,51)(H,42,43,47,50). The van der Waals surface area contributed by atoms with Crippen LogP contribution >= 0.6 is 0 Å². The Labute approximate surface area is 300 Å². The van der Waals surface area contributed by atoms with Crippen molar-refractivity contribution in [3.05, 3.63) is 88.6 Å². The number of aliphatic hydroxyl groups excluding tert-OH is 2. The van der Waals surface area contributed by atoms with E-state index in [2.05, 4.69) is 31.2 Å². The molecular weight excluding hydrogens is 700 g/mol. The molecule has 3 unspecified atom stereocenters. The lowest BCUT2D eigenvalue weighted by Crippen LogP contribution is -2.41. The Morgan fingerprint density at radius 2 is 1.64 bits per heavy atom. The fourth-order valence-electron chi connectivity index (χ4n) is 5.21. The third kappa shape index (κ3) is 9.53. The van der Waals surface area contributed by atoms with Crippen LogP contribution in [0.2, 0.25) is 0 Å². The summed E-state index contributed by atoms with van der Waals surface area (Å²) in [7, 11) is 0. The number of amides is 4. The minimum absolute atomic E-state index is 0.0412. The van der Waals surface area contributed by atoms with Crippen LogP contribution in [0.4, 0.5) is 30.8 Å². The van der Waals surface area contributed by atoms with E-state index in [1.807, 2.05) is 0 Å². The predicted molar refractivity (Wildman–Crippen MR) is 186 cm³/mol. The molecule has 280 valence electrons. The third-order valence-corrected chi connectivity index (χ3v) is 7.78. The molecule has 5 rings (SSSR count). The summed E-state index contributed by atoms with van der Waals surface area (Å²) in [5, 5.41) is 29.9. The van der Waals surface area contributed by atoms with Crippen LogP contribution in [0.5, 0.6) is 0 Å². The van der Waals surface area contributed by atoms with Crippen molar-refractivity contribution >= 4 is 51.9 Å². The number of nitrogens with one attached hydrogen (secondary N) is 4. The number of pyridine rings is 1. The average molecular weight is 738 g/mol. The second kappa shape index (κ2) is 15.8. The van der Waals surface area contributed by atoms with Crippen molar-refractivity contribution in [2.75, 3.05) is 22.6 Å². The van der Waals surface area contributed by atoms with Gasteiger partial charge in [0.2, 0.25) is 18.0 Å². The maximum atomic E-state index is 14.4. The Hall–Kier alpha value is -5.85. The Kier molecular flexibility index (Phi) is 11.4. The highest BCUT2D eigenvalue weighted by atomic mass is 19.3. The number of benzene rings is 2. The number of aliphatic hydroxyl groups is 2. The van der Waals surface area contributed by atoms with Crippen molar-refractivity contribution in [2.24, 2.45) is 0 Å². The molecule has 2 aromatic heterocycles. The SMILES string of the molecule is CC(C)(C)OC(=O)Nc1ccccc1NC(=O)c1ccc2nc(CNC(=O)CCC(=O)Nc3ccn(C4OC(CO)C(O)C4(F)F)c(=O)n3)ccc2c1. The summed E-state index contributed by atoms with van der Waals surface area (Å²) >= 11 is 0. The van der Waals surface area contributed by atoms with Crippen LogP contribution < -0.4 is 27.0 Å². The van der Waals surface area contributed by atoms with Gasteiger partial charge in [0.05, 0.1) is 35.7 Å². The van der Waals surface area contributed by atoms with Gasteiger partial charge in [0.1, 0.15) is 17.5 Å². The first kappa shape index (κ1) is 38.4. The second-order valence-electron chi connectivity index (χ2n) is 13.0. The first-order valence-electron chi connectivity index (χ1n) is 16.3.